The molecule has 0 aromatic heterocycles. The van der Waals surface area contributed by atoms with Gasteiger partial charge < -0.3 is 53.2 Å². The molecule has 8 fully saturated rings. The smallest absolute Gasteiger partial charge is 0.303 e. The van der Waals surface area contributed by atoms with Crippen molar-refractivity contribution in [2.75, 3.05) is 6.54 Å². The lowest BCUT2D eigenvalue weighted by molar-refractivity contribution is -0.366. The van der Waals surface area contributed by atoms with E-state index in [9.17, 15) is 15.0 Å². The second-order valence-electron chi connectivity index (χ2n) is 20.4. The second-order valence-corrected chi connectivity index (χ2v) is 20.4. The summed E-state index contributed by atoms with van der Waals surface area (Å²) in [6, 6.07) is 0. The molecule has 13 nitrogen and oxygen atoms in total. The van der Waals surface area contributed by atoms with Crippen molar-refractivity contribution in [1.82, 2.24) is 5.32 Å². The van der Waals surface area contributed by atoms with Crippen LogP contribution in [0.5, 0.6) is 0 Å². The lowest BCUT2D eigenvalue weighted by Gasteiger charge is -2.52. The minimum atomic E-state index is -1.84. The Morgan fingerprint density at radius 3 is 2.51 bits per heavy atom. The number of carbonyl (C=O) groups is 1. The Hall–Kier alpha value is -1.75. The van der Waals surface area contributed by atoms with E-state index in [0.717, 1.165) is 37.8 Å². The number of aliphatic hydroxyl groups is 2. The summed E-state index contributed by atoms with van der Waals surface area (Å²) in [5, 5.41) is 36.8. The number of hydrogen-bond donors (Lipinski definition) is 4. The van der Waals surface area contributed by atoms with E-state index in [4.69, 9.17) is 43.0 Å². The number of nitrogens with one attached hydrogen (secondary N) is 1. The average molecular weight is 828 g/mol. The summed E-state index contributed by atoms with van der Waals surface area (Å²) in [5.41, 5.74) is 0.397. The maximum atomic E-state index is 12.2. The zero-order chi connectivity index (χ0) is 41.5. The average Bonchev–Trinajstić information content (AvgIpc) is 3.86. The number of hydrogen-bond acceptors (Lipinski definition) is 12. The SMILES string of the molecule is C=C(C[C@@]12C[C@@H](C)C[C@@H](O1)[C@H]1O[C@]3(C[C@H]1O2)NC[C@H](C)C[C@@H]3C)[C@H]1O[C@@](O)([C@H](O)[C@@H]2C[C@H]3O[C@]4(CC[C@]5(CC=C[C@@H](C=CCCC(=O)O)O5)O4)[C@H](C)C[C@H]3O2)CC[C@@H]1C. The third-order valence-corrected chi connectivity index (χ3v) is 15.5. The lowest BCUT2D eigenvalue weighted by atomic mass is 9.79. The van der Waals surface area contributed by atoms with Crippen LogP contribution in [0.2, 0.25) is 0 Å². The quantitative estimate of drug-likeness (QED) is 0.200. The van der Waals surface area contributed by atoms with Gasteiger partial charge in [-0.2, -0.15) is 0 Å². The molecule has 2 bridgehead atoms. The largest absolute Gasteiger partial charge is 0.481 e. The first kappa shape index (κ1) is 42.5. The fourth-order valence-corrected chi connectivity index (χ4v) is 12.4. The van der Waals surface area contributed by atoms with Crippen molar-refractivity contribution >= 4 is 5.97 Å². The molecule has 59 heavy (non-hydrogen) atoms. The number of carboxylic acid groups (broad SMARTS) is 1. The number of rotatable bonds is 9. The van der Waals surface area contributed by atoms with Gasteiger partial charge in [-0.05, 0) is 61.3 Å². The molecule has 0 saturated carbocycles. The number of carboxylic acids is 1. The van der Waals surface area contributed by atoms with E-state index in [-0.39, 0.29) is 61.3 Å². The normalized spacial score (nSPS) is 52.3. The highest BCUT2D eigenvalue weighted by molar-refractivity contribution is 5.66. The van der Waals surface area contributed by atoms with E-state index < -0.39 is 53.2 Å². The Bertz CT molecular complexity index is 1660. The molecule has 9 rings (SSSR count). The van der Waals surface area contributed by atoms with Crippen LogP contribution in [0.1, 0.15) is 125 Å². The highest BCUT2D eigenvalue weighted by Crippen LogP contribution is 2.55. The zero-order valence-corrected chi connectivity index (χ0v) is 35.7. The Balaban J connectivity index is 0.831. The third kappa shape index (κ3) is 7.96. The van der Waals surface area contributed by atoms with E-state index in [0.29, 0.717) is 69.1 Å². The van der Waals surface area contributed by atoms with Gasteiger partial charge in [0.2, 0.25) is 0 Å². The van der Waals surface area contributed by atoms with Crippen LogP contribution in [0, 0.1) is 29.6 Å². The summed E-state index contributed by atoms with van der Waals surface area (Å²) in [6.07, 6.45) is 12.5. The highest BCUT2D eigenvalue weighted by atomic mass is 16.8. The van der Waals surface area contributed by atoms with Crippen molar-refractivity contribution in [1.29, 1.82) is 0 Å². The van der Waals surface area contributed by atoms with Gasteiger partial charge in [-0.3, -0.25) is 10.1 Å². The van der Waals surface area contributed by atoms with E-state index >= 15 is 0 Å². The molecule has 4 N–H and O–H groups in total. The summed E-state index contributed by atoms with van der Waals surface area (Å²) in [4.78, 5) is 10.9. The van der Waals surface area contributed by atoms with Crippen molar-refractivity contribution in [3.8, 4) is 0 Å². The van der Waals surface area contributed by atoms with E-state index in [2.05, 4.69) is 52.6 Å². The molecule has 0 aliphatic carbocycles. The minimum Gasteiger partial charge on any atom is -0.481 e. The van der Waals surface area contributed by atoms with Crippen LogP contribution in [-0.2, 0) is 42.7 Å². The second kappa shape index (κ2) is 15.8. The highest BCUT2D eigenvalue weighted by Gasteiger charge is 2.64. The van der Waals surface area contributed by atoms with Gasteiger partial charge in [-0.25, -0.2) is 0 Å². The maximum absolute atomic E-state index is 12.2. The summed E-state index contributed by atoms with van der Waals surface area (Å²) in [5.74, 6) is -3.82. The van der Waals surface area contributed by atoms with Crippen LogP contribution in [0.4, 0.5) is 0 Å². The standard InChI is InChI=1S/C46H69NO12/c1-26-19-35-40-37(24-44(57-40)30(5)18-27(2)25-47-44)55-43(22-26,54-35)23-29(4)39-28(3)13-15-45(51,58-39)41(50)36-21-34-33(52-36)20-31(6)46(56-34)17-16-42(59-46)14-9-11-32(53-42)10-7-8-12-38(48)49/h7,9-11,26-28,30-37,39-41,47,50-51H,4,8,12-25H2,1-3,5-6H3,(H,48,49)/t26-,27+,28-,30-,31+,32+,33+,34+,35+,36-,37+,39-,40+,41+,42-,43-,44-,45+,46-/m0/s1. The third-order valence-electron chi connectivity index (χ3n) is 15.5. The number of fused-ring (bicyclic) bond motifs is 5. The van der Waals surface area contributed by atoms with Crippen LogP contribution < -0.4 is 5.32 Å². The summed E-state index contributed by atoms with van der Waals surface area (Å²) < 4.78 is 53.9. The van der Waals surface area contributed by atoms with Crippen LogP contribution in [0.15, 0.2) is 36.5 Å². The van der Waals surface area contributed by atoms with E-state index in [1.165, 1.54) is 0 Å². The molecule has 330 valence electrons. The molecule has 0 aromatic rings. The van der Waals surface area contributed by atoms with Gasteiger partial charge >= 0.3 is 5.97 Å². The lowest BCUT2D eigenvalue weighted by Crippen LogP contribution is -2.60. The summed E-state index contributed by atoms with van der Waals surface area (Å²) in [7, 11) is 0. The molecular formula is C46H69NO12. The Morgan fingerprint density at radius 1 is 0.898 bits per heavy atom. The minimum absolute atomic E-state index is 0.00556. The molecule has 19 atom stereocenters. The number of ether oxygens (including phenoxy) is 8. The van der Waals surface area contributed by atoms with Crippen molar-refractivity contribution < 1.29 is 58.0 Å². The fourth-order valence-electron chi connectivity index (χ4n) is 12.4. The Kier molecular flexibility index (Phi) is 11.4. The molecule has 9 aliphatic rings. The first-order chi connectivity index (χ1) is 28.0. The number of aliphatic carboxylic acids is 1. The van der Waals surface area contributed by atoms with Gasteiger partial charge in [0.25, 0.3) is 0 Å². The van der Waals surface area contributed by atoms with Gasteiger partial charge in [0.15, 0.2) is 23.1 Å². The van der Waals surface area contributed by atoms with Crippen molar-refractivity contribution in [2.24, 2.45) is 29.6 Å². The predicted octanol–water partition coefficient (Wildman–Crippen LogP) is 6.01. The topological polar surface area (TPSA) is 164 Å². The Morgan fingerprint density at radius 2 is 1.71 bits per heavy atom. The van der Waals surface area contributed by atoms with Crippen LogP contribution in [0.25, 0.3) is 0 Å². The monoisotopic (exact) mass is 827 g/mol. The molecule has 0 unspecified atom stereocenters. The molecule has 0 aromatic carbocycles. The molecular weight excluding hydrogens is 759 g/mol. The van der Waals surface area contributed by atoms with Gasteiger partial charge in [0.1, 0.15) is 17.9 Å². The molecule has 13 heteroatoms. The van der Waals surface area contributed by atoms with Crippen LogP contribution >= 0.6 is 0 Å². The van der Waals surface area contributed by atoms with Crippen molar-refractivity contribution in [3.63, 3.8) is 0 Å². The number of allylic oxidation sites excluding steroid dienone is 1. The first-order valence-electron chi connectivity index (χ1n) is 22.8. The molecule has 0 amide bonds. The van der Waals surface area contributed by atoms with Crippen LogP contribution in [-0.4, -0.2) is 112 Å². The first-order valence-corrected chi connectivity index (χ1v) is 22.8. The molecule has 9 heterocycles. The predicted molar refractivity (Wildman–Crippen MR) is 214 cm³/mol. The summed E-state index contributed by atoms with van der Waals surface area (Å²) >= 11 is 0. The fraction of sp³-hybridized carbons (Fsp3) is 0.848. The summed E-state index contributed by atoms with van der Waals surface area (Å²) in [6.45, 7) is 16.5. The van der Waals surface area contributed by atoms with Gasteiger partial charge in [0.05, 0.1) is 42.7 Å². The zero-order valence-electron chi connectivity index (χ0n) is 35.7. The van der Waals surface area contributed by atoms with Gasteiger partial charge in [0, 0.05) is 70.3 Å². The van der Waals surface area contributed by atoms with Crippen LogP contribution in [0.3, 0.4) is 0 Å². The molecule has 3 spiro atoms. The number of piperidine rings is 1. The molecule has 9 aliphatic heterocycles. The van der Waals surface area contributed by atoms with Gasteiger partial charge in [-0.15, -0.1) is 0 Å². The van der Waals surface area contributed by atoms with E-state index in [1.807, 2.05) is 18.2 Å². The molecule has 0 radical (unpaired) electrons. The maximum Gasteiger partial charge on any atom is 0.303 e. The van der Waals surface area contributed by atoms with Crippen molar-refractivity contribution in [2.45, 2.75) is 208 Å². The van der Waals surface area contributed by atoms with Gasteiger partial charge in [-0.1, -0.05) is 65.5 Å². The number of aliphatic hydroxyl groups excluding tert-OH is 1. The molecule has 8 saturated heterocycles. The van der Waals surface area contributed by atoms with Crippen molar-refractivity contribution in [3.05, 3.63) is 36.5 Å². The van der Waals surface area contributed by atoms with E-state index in [1.54, 1.807) is 0 Å². The Labute approximate surface area is 349 Å².